The normalized spacial score (nSPS) is 22.5. The highest BCUT2D eigenvalue weighted by Gasteiger charge is 2.71. The third-order valence-corrected chi connectivity index (χ3v) is 2.98. The lowest BCUT2D eigenvalue weighted by Gasteiger charge is -2.52. The Morgan fingerprint density at radius 3 is 2.18 bits per heavy atom. The summed E-state index contributed by atoms with van der Waals surface area (Å²) in [7, 11) is 1.27. The van der Waals surface area contributed by atoms with Crippen molar-refractivity contribution >= 4 is 17.8 Å². The van der Waals surface area contributed by atoms with E-state index < -0.39 is 29.3 Å². The van der Waals surface area contributed by atoms with E-state index >= 15 is 0 Å². The van der Waals surface area contributed by atoms with E-state index in [1.54, 1.807) is 13.8 Å². The van der Waals surface area contributed by atoms with Crippen molar-refractivity contribution in [2.75, 3.05) is 13.8 Å². The van der Waals surface area contributed by atoms with Gasteiger partial charge in [-0.3, -0.25) is 9.69 Å². The molecule has 0 aliphatic carbocycles. The number of carboxylic acid groups (broad SMARTS) is 2. The average molecular weight is 245 g/mol. The standard InChI is InChI=1S/C10H15NO6/c1-5(2)6-7(12)11(4-17-3)10(6,8(13)14)9(15)16/h5-6H,4H2,1-3H3,(H,13,14)(H,15,16). The molecule has 1 fully saturated rings. The van der Waals surface area contributed by atoms with Crippen LogP contribution in [0.5, 0.6) is 0 Å². The second-order valence-electron chi connectivity index (χ2n) is 4.28. The number of aliphatic carboxylic acids is 2. The van der Waals surface area contributed by atoms with Crippen LogP contribution in [0.4, 0.5) is 0 Å². The zero-order valence-corrected chi connectivity index (χ0v) is 9.84. The van der Waals surface area contributed by atoms with Crippen LogP contribution in [-0.2, 0) is 19.1 Å². The van der Waals surface area contributed by atoms with E-state index in [-0.39, 0.29) is 12.6 Å². The van der Waals surface area contributed by atoms with E-state index in [1.807, 2.05) is 0 Å². The number of hydrogen-bond acceptors (Lipinski definition) is 4. The van der Waals surface area contributed by atoms with Crippen LogP contribution >= 0.6 is 0 Å². The van der Waals surface area contributed by atoms with E-state index in [9.17, 15) is 14.4 Å². The number of carbonyl (C=O) groups is 3. The Balaban J connectivity index is 3.23. The molecule has 7 heteroatoms. The number of nitrogens with zero attached hydrogens (tertiary/aromatic N) is 1. The first-order chi connectivity index (χ1) is 7.81. The van der Waals surface area contributed by atoms with E-state index in [1.165, 1.54) is 7.11 Å². The number of ether oxygens (including phenoxy) is 1. The molecule has 1 saturated heterocycles. The zero-order valence-electron chi connectivity index (χ0n) is 9.84. The van der Waals surface area contributed by atoms with Crippen LogP contribution in [0.15, 0.2) is 0 Å². The highest BCUT2D eigenvalue weighted by molar-refractivity contribution is 6.15. The fraction of sp³-hybridized carbons (Fsp3) is 0.700. The minimum absolute atomic E-state index is 0.347. The summed E-state index contributed by atoms with van der Waals surface area (Å²) in [5.41, 5.74) is -2.21. The van der Waals surface area contributed by atoms with Crippen molar-refractivity contribution in [3.8, 4) is 0 Å². The Hall–Kier alpha value is -1.63. The lowest BCUT2D eigenvalue weighted by atomic mass is 9.67. The van der Waals surface area contributed by atoms with Gasteiger partial charge >= 0.3 is 11.9 Å². The molecule has 1 rings (SSSR count). The van der Waals surface area contributed by atoms with Gasteiger partial charge in [0.25, 0.3) is 5.54 Å². The quantitative estimate of drug-likeness (QED) is 0.505. The Morgan fingerprint density at radius 1 is 1.41 bits per heavy atom. The molecule has 96 valence electrons. The van der Waals surface area contributed by atoms with Crippen LogP contribution < -0.4 is 0 Å². The van der Waals surface area contributed by atoms with Crippen LogP contribution in [-0.4, -0.2) is 52.3 Å². The number of amides is 1. The highest BCUT2D eigenvalue weighted by Crippen LogP contribution is 2.43. The summed E-state index contributed by atoms with van der Waals surface area (Å²) in [6.07, 6.45) is 0. The molecule has 17 heavy (non-hydrogen) atoms. The lowest BCUT2D eigenvalue weighted by Crippen LogP contribution is -2.79. The van der Waals surface area contributed by atoms with Crippen molar-refractivity contribution in [2.45, 2.75) is 19.4 Å². The van der Waals surface area contributed by atoms with E-state index in [2.05, 4.69) is 4.74 Å². The Bertz CT molecular complexity index is 350. The molecule has 1 aliphatic heterocycles. The molecule has 1 aliphatic rings. The number of carboxylic acids is 2. The van der Waals surface area contributed by atoms with Gasteiger partial charge in [0.15, 0.2) is 0 Å². The second-order valence-corrected chi connectivity index (χ2v) is 4.28. The van der Waals surface area contributed by atoms with E-state index in [0.29, 0.717) is 0 Å². The molecule has 1 unspecified atom stereocenters. The number of hydrogen-bond donors (Lipinski definition) is 2. The Morgan fingerprint density at radius 2 is 1.88 bits per heavy atom. The molecule has 0 aromatic heterocycles. The molecular formula is C10H15NO6. The van der Waals surface area contributed by atoms with Gasteiger partial charge in [-0.25, -0.2) is 9.59 Å². The van der Waals surface area contributed by atoms with Crippen LogP contribution in [0.3, 0.4) is 0 Å². The first-order valence-corrected chi connectivity index (χ1v) is 5.09. The number of β-lactam (4-membered cyclic amide) rings is 1. The van der Waals surface area contributed by atoms with Crippen molar-refractivity contribution < 1.29 is 29.3 Å². The Labute approximate surface area is 98.0 Å². The van der Waals surface area contributed by atoms with Gasteiger partial charge in [-0.05, 0) is 5.92 Å². The van der Waals surface area contributed by atoms with Gasteiger partial charge in [0.2, 0.25) is 5.91 Å². The molecular weight excluding hydrogens is 230 g/mol. The topological polar surface area (TPSA) is 104 Å². The zero-order chi connectivity index (χ0) is 13.4. The molecule has 1 atom stereocenters. The van der Waals surface area contributed by atoms with Crippen molar-refractivity contribution in [3.05, 3.63) is 0 Å². The summed E-state index contributed by atoms with van der Waals surface area (Å²) < 4.78 is 4.68. The van der Waals surface area contributed by atoms with Crippen molar-refractivity contribution in [1.82, 2.24) is 4.90 Å². The van der Waals surface area contributed by atoms with Crippen LogP contribution in [0.25, 0.3) is 0 Å². The smallest absolute Gasteiger partial charge is 0.342 e. The maximum absolute atomic E-state index is 11.7. The van der Waals surface area contributed by atoms with Crippen molar-refractivity contribution in [3.63, 3.8) is 0 Å². The summed E-state index contributed by atoms with van der Waals surface area (Å²) in [5.74, 6) is -5.03. The predicted molar refractivity (Wildman–Crippen MR) is 55.1 cm³/mol. The van der Waals surface area contributed by atoms with Gasteiger partial charge in [-0.15, -0.1) is 0 Å². The van der Waals surface area contributed by atoms with Gasteiger partial charge in [0, 0.05) is 7.11 Å². The second kappa shape index (κ2) is 4.33. The SMILES string of the molecule is COCN1C(=O)C(C(C)C)C1(C(=O)O)C(=O)O. The molecule has 0 bridgehead atoms. The summed E-state index contributed by atoms with van der Waals surface area (Å²) in [6, 6.07) is 0. The summed E-state index contributed by atoms with van der Waals surface area (Å²) in [4.78, 5) is 35.0. The number of carbonyl (C=O) groups excluding carboxylic acids is 1. The maximum Gasteiger partial charge on any atom is 0.342 e. The first-order valence-electron chi connectivity index (χ1n) is 5.09. The van der Waals surface area contributed by atoms with E-state index in [0.717, 1.165) is 4.90 Å². The molecule has 1 heterocycles. The lowest BCUT2D eigenvalue weighted by molar-refractivity contribution is -0.210. The van der Waals surface area contributed by atoms with Crippen molar-refractivity contribution in [2.24, 2.45) is 11.8 Å². The molecule has 0 aromatic carbocycles. The van der Waals surface area contributed by atoms with Crippen molar-refractivity contribution in [1.29, 1.82) is 0 Å². The number of methoxy groups -OCH3 is 1. The summed E-state index contributed by atoms with van der Waals surface area (Å²) in [5, 5.41) is 18.3. The van der Waals surface area contributed by atoms with Crippen LogP contribution in [0.1, 0.15) is 13.8 Å². The first kappa shape index (κ1) is 13.4. The highest BCUT2D eigenvalue weighted by atomic mass is 16.5. The summed E-state index contributed by atoms with van der Waals surface area (Å²) >= 11 is 0. The monoisotopic (exact) mass is 245 g/mol. The third-order valence-electron chi connectivity index (χ3n) is 2.98. The van der Waals surface area contributed by atoms with E-state index in [4.69, 9.17) is 10.2 Å². The molecule has 2 N–H and O–H groups in total. The third kappa shape index (κ3) is 1.57. The van der Waals surface area contributed by atoms with Gasteiger partial charge in [0.1, 0.15) is 6.73 Å². The predicted octanol–water partition coefficient (Wildman–Crippen LogP) is -0.387. The largest absolute Gasteiger partial charge is 0.479 e. The van der Waals surface area contributed by atoms with Gasteiger partial charge in [-0.2, -0.15) is 0 Å². The van der Waals surface area contributed by atoms with Crippen LogP contribution in [0, 0.1) is 11.8 Å². The fourth-order valence-corrected chi connectivity index (χ4v) is 2.27. The fourth-order valence-electron chi connectivity index (χ4n) is 2.27. The molecule has 0 saturated carbocycles. The number of likely N-dealkylation sites (tertiary alicyclic amines) is 1. The molecule has 7 nitrogen and oxygen atoms in total. The molecule has 0 spiro atoms. The van der Waals surface area contributed by atoms with Gasteiger partial charge in [-0.1, -0.05) is 13.8 Å². The Kier molecular flexibility index (Phi) is 3.42. The summed E-state index contributed by atoms with van der Waals surface area (Å²) in [6.45, 7) is 2.89. The number of rotatable bonds is 5. The average Bonchev–Trinajstić information content (AvgIpc) is 2.19. The maximum atomic E-state index is 11.7. The van der Waals surface area contributed by atoms with Crippen LogP contribution in [0.2, 0.25) is 0 Å². The van der Waals surface area contributed by atoms with Gasteiger partial charge in [0.05, 0.1) is 5.92 Å². The minimum atomic E-state index is -2.21. The molecule has 0 aromatic rings. The van der Waals surface area contributed by atoms with Gasteiger partial charge < -0.3 is 14.9 Å². The minimum Gasteiger partial charge on any atom is -0.479 e. The molecule has 1 amide bonds. The molecule has 0 radical (unpaired) electrons.